The number of likely N-dealkylation sites (tertiary alicyclic amines) is 1. The number of nitrogens with zero attached hydrogens (tertiary/aromatic N) is 1. The Balaban J connectivity index is 0.000000861. The highest BCUT2D eigenvalue weighted by Gasteiger charge is 2.18. The fourth-order valence-corrected chi connectivity index (χ4v) is 2.87. The molecule has 4 heteroatoms. The van der Waals surface area contributed by atoms with Gasteiger partial charge in [-0.05, 0) is 63.0 Å². The van der Waals surface area contributed by atoms with Crippen molar-refractivity contribution in [1.29, 1.82) is 0 Å². The second kappa shape index (κ2) is 7.98. The summed E-state index contributed by atoms with van der Waals surface area (Å²) in [4.78, 5) is 2.35. The first-order valence-corrected chi connectivity index (χ1v) is 7.67. The minimum absolute atomic E-state index is 0.0135. The van der Waals surface area contributed by atoms with Crippen molar-refractivity contribution in [2.45, 2.75) is 33.1 Å². The zero-order valence-corrected chi connectivity index (χ0v) is 13.4. The Morgan fingerprint density at radius 1 is 1.16 bits per heavy atom. The second-order valence-electron chi connectivity index (χ2n) is 4.86. The number of halogens is 2. The summed E-state index contributed by atoms with van der Waals surface area (Å²) in [5, 5.41) is 10.2. The van der Waals surface area contributed by atoms with Crippen LogP contribution in [0.15, 0.2) is 12.1 Å². The van der Waals surface area contributed by atoms with E-state index in [-0.39, 0.29) is 5.75 Å². The zero-order chi connectivity index (χ0) is 14.4. The van der Waals surface area contributed by atoms with Crippen LogP contribution in [0.3, 0.4) is 0 Å². The highest BCUT2D eigenvalue weighted by Crippen LogP contribution is 2.34. The van der Waals surface area contributed by atoms with Gasteiger partial charge in [-0.3, -0.25) is 0 Å². The molecule has 0 amide bonds. The molecule has 1 aliphatic heterocycles. The van der Waals surface area contributed by atoms with Crippen LogP contribution in [0.5, 0.6) is 5.75 Å². The monoisotopic (exact) mass is 303 g/mol. The maximum atomic E-state index is 9.50. The largest absolute Gasteiger partial charge is 0.505 e. The van der Waals surface area contributed by atoms with Crippen LogP contribution in [-0.2, 0) is 6.42 Å². The molecular formula is C15H23Cl2NO. The highest BCUT2D eigenvalue weighted by atomic mass is 35.5. The van der Waals surface area contributed by atoms with Crippen LogP contribution in [0.2, 0.25) is 10.0 Å². The van der Waals surface area contributed by atoms with Crippen molar-refractivity contribution in [1.82, 2.24) is 4.90 Å². The fourth-order valence-electron chi connectivity index (χ4n) is 2.34. The lowest BCUT2D eigenvalue weighted by atomic mass is 9.90. The van der Waals surface area contributed by atoms with Gasteiger partial charge in [0.2, 0.25) is 0 Å². The summed E-state index contributed by atoms with van der Waals surface area (Å²) in [6.45, 7) is 6.31. The summed E-state index contributed by atoms with van der Waals surface area (Å²) in [6.07, 6.45) is 3.42. The van der Waals surface area contributed by atoms with Gasteiger partial charge < -0.3 is 10.0 Å². The van der Waals surface area contributed by atoms with Crippen LogP contribution in [-0.4, -0.2) is 30.1 Å². The Bertz CT molecular complexity index is 378. The van der Waals surface area contributed by atoms with Crippen LogP contribution in [0.4, 0.5) is 0 Å². The van der Waals surface area contributed by atoms with Crippen LogP contribution >= 0.6 is 23.2 Å². The summed E-state index contributed by atoms with van der Waals surface area (Å²) < 4.78 is 0. The number of hydrogen-bond donors (Lipinski definition) is 1. The van der Waals surface area contributed by atoms with Crippen molar-refractivity contribution in [2.24, 2.45) is 5.92 Å². The molecule has 0 radical (unpaired) electrons. The summed E-state index contributed by atoms with van der Waals surface area (Å²) >= 11 is 11.8. The number of piperidine rings is 1. The molecule has 0 aliphatic carbocycles. The average Bonchev–Trinajstić information content (AvgIpc) is 2.41. The van der Waals surface area contributed by atoms with Crippen molar-refractivity contribution >= 4 is 23.2 Å². The summed E-state index contributed by atoms with van der Waals surface area (Å²) in [5.74, 6) is 0.684. The molecule has 1 aromatic carbocycles. The molecular weight excluding hydrogens is 281 g/mol. The van der Waals surface area contributed by atoms with Gasteiger partial charge in [0.05, 0.1) is 10.0 Å². The smallest absolute Gasteiger partial charge is 0.152 e. The molecule has 108 valence electrons. The van der Waals surface area contributed by atoms with Crippen molar-refractivity contribution in [3.63, 3.8) is 0 Å². The Hall–Kier alpha value is -0.440. The maximum Gasteiger partial charge on any atom is 0.152 e. The molecule has 1 saturated heterocycles. The minimum atomic E-state index is -0.0135. The topological polar surface area (TPSA) is 23.5 Å². The predicted octanol–water partition coefficient (Wildman–Crippen LogP) is 4.61. The van der Waals surface area contributed by atoms with E-state index in [1.165, 1.54) is 12.8 Å². The summed E-state index contributed by atoms with van der Waals surface area (Å²) in [5.41, 5.74) is 1.12. The van der Waals surface area contributed by atoms with Crippen LogP contribution < -0.4 is 0 Å². The van der Waals surface area contributed by atoms with E-state index in [4.69, 9.17) is 23.2 Å². The molecule has 1 aliphatic rings. The lowest BCUT2D eigenvalue weighted by molar-refractivity contribution is 0.219. The van der Waals surface area contributed by atoms with E-state index in [9.17, 15) is 5.11 Å². The predicted molar refractivity (Wildman–Crippen MR) is 83.4 cm³/mol. The highest BCUT2D eigenvalue weighted by molar-refractivity contribution is 6.37. The first kappa shape index (κ1) is 16.6. The van der Waals surface area contributed by atoms with Gasteiger partial charge in [-0.15, -0.1) is 0 Å². The Kier molecular flexibility index (Phi) is 6.98. The number of rotatable bonds is 2. The molecule has 1 N–H and O–H groups in total. The summed E-state index contributed by atoms with van der Waals surface area (Å²) in [7, 11) is 2.16. The van der Waals surface area contributed by atoms with Gasteiger partial charge in [0, 0.05) is 0 Å². The average molecular weight is 304 g/mol. The quantitative estimate of drug-likeness (QED) is 0.862. The molecule has 1 aromatic rings. The molecule has 2 rings (SSSR count). The third-order valence-electron chi connectivity index (χ3n) is 3.44. The third-order valence-corrected chi connectivity index (χ3v) is 4.02. The van der Waals surface area contributed by atoms with Gasteiger partial charge in [0.25, 0.3) is 0 Å². The Morgan fingerprint density at radius 3 is 2.11 bits per heavy atom. The lowest BCUT2D eigenvalue weighted by Gasteiger charge is -2.29. The number of hydrogen-bond acceptors (Lipinski definition) is 2. The van der Waals surface area contributed by atoms with Crippen molar-refractivity contribution < 1.29 is 5.11 Å². The Morgan fingerprint density at radius 2 is 1.63 bits per heavy atom. The van der Waals surface area contributed by atoms with Crippen LogP contribution in [0.1, 0.15) is 32.3 Å². The van der Waals surface area contributed by atoms with Gasteiger partial charge in [-0.2, -0.15) is 0 Å². The van der Waals surface area contributed by atoms with Crippen molar-refractivity contribution in [2.75, 3.05) is 20.1 Å². The first-order valence-electron chi connectivity index (χ1n) is 6.91. The van der Waals surface area contributed by atoms with E-state index in [1.807, 2.05) is 26.0 Å². The Labute approximate surface area is 126 Å². The standard InChI is InChI=1S/C13H17Cl2NO.C2H6/c1-16-4-2-9(3-5-16)6-10-7-11(14)13(17)12(15)8-10;1-2/h7-9,17H,2-6H2,1H3;1-2H3. The summed E-state index contributed by atoms with van der Waals surface area (Å²) in [6, 6.07) is 3.64. The van der Waals surface area contributed by atoms with Crippen LogP contribution in [0, 0.1) is 5.92 Å². The van der Waals surface area contributed by atoms with Gasteiger partial charge in [0.15, 0.2) is 5.75 Å². The van der Waals surface area contributed by atoms with Gasteiger partial charge in [-0.1, -0.05) is 37.0 Å². The van der Waals surface area contributed by atoms with Crippen molar-refractivity contribution in [3.05, 3.63) is 27.7 Å². The van der Waals surface area contributed by atoms with E-state index < -0.39 is 0 Å². The van der Waals surface area contributed by atoms with E-state index in [0.717, 1.165) is 25.1 Å². The number of phenols is 1. The SMILES string of the molecule is CC.CN1CCC(Cc2cc(Cl)c(O)c(Cl)c2)CC1. The van der Waals surface area contributed by atoms with Gasteiger partial charge in [0.1, 0.15) is 0 Å². The molecule has 2 nitrogen and oxygen atoms in total. The van der Waals surface area contributed by atoms with Crippen LogP contribution in [0.25, 0.3) is 0 Å². The molecule has 0 saturated carbocycles. The number of phenolic OH excluding ortho intramolecular Hbond substituents is 1. The normalized spacial score (nSPS) is 16.9. The van der Waals surface area contributed by atoms with Gasteiger partial charge in [-0.25, -0.2) is 0 Å². The molecule has 0 atom stereocenters. The molecule has 19 heavy (non-hydrogen) atoms. The first-order chi connectivity index (χ1) is 9.06. The minimum Gasteiger partial charge on any atom is -0.505 e. The molecule has 1 fully saturated rings. The van der Waals surface area contributed by atoms with Gasteiger partial charge >= 0.3 is 0 Å². The fraction of sp³-hybridized carbons (Fsp3) is 0.600. The van der Waals surface area contributed by atoms with E-state index >= 15 is 0 Å². The molecule has 1 heterocycles. The zero-order valence-electron chi connectivity index (χ0n) is 11.9. The molecule has 0 bridgehead atoms. The molecule has 0 spiro atoms. The number of aromatic hydroxyl groups is 1. The van der Waals surface area contributed by atoms with E-state index in [2.05, 4.69) is 11.9 Å². The lowest BCUT2D eigenvalue weighted by Crippen LogP contribution is -2.30. The number of benzene rings is 1. The van der Waals surface area contributed by atoms with E-state index in [0.29, 0.717) is 16.0 Å². The molecule has 0 aromatic heterocycles. The van der Waals surface area contributed by atoms with E-state index in [1.54, 1.807) is 0 Å². The third kappa shape index (κ3) is 4.87. The van der Waals surface area contributed by atoms with Crippen molar-refractivity contribution in [3.8, 4) is 5.75 Å². The maximum absolute atomic E-state index is 9.50. The molecule has 0 unspecified atom stereocenters. The second-order valence-corrected chi connectivity index (χ2v) is 5.67.